The molecule has 0 spiro atoms. The highest BCUT2D eigenvalue weighted by molar-refractivity contribution is 5.76. The molecule has 2 heterocycles. The summed E-state index contributed by atoms with van der Waals surface area (Å²) in [5.41, 5.74) is 0. The topological polar surface area (TPSA) is 62.7 Å². The van der Waals surface area contributed by atoms with E-state index in [4.69, 9.17) is 4.74 Å². The summed E-state index contributed by atoms with van der Waals surface area (Å²) >= 11 is 0. The van der Waals surface area contributed by atoms with E-state index in [1.807, 2.05) is 17.0 Å². The van der Waals surface area contributed by atoms with Crippen molar-refractivity contribution in [2.24, 2.45) is 0 Å². The van der Waals surface area contributed by atoms with Gasteiger partial charge in [-0.2, -0.15) is 0 Å². The van der Waals surface area contributed by atoms with Crippen LogP contribution < -0.4 is 4.74 Å². The first-order valence-corrected chi connectivity index (χ1v) is 6.74. The average Bonchev–Trinajstić information content (AvgIpc) is 2.45. The standard InChI is InChI=1S/C14H20N2O3/c17-12-5-8-16(9-6-12)14(18)4-2-10-19-13-3-1-7-15-11-13/h1,3,7,11-12,17H,2,4-6,8-10H2. The van der Waals surface area contributed by atoms with E-state index in [0.717, 1.165) is 5.75 Å². The van der Waals surface area contributed by atoms with Crippen molar-refractivity contribution in [1.82, 2.24) is 9.88 Å². The largest absolute Gasteiger partial charge is 0.492 e. The summed E-state index contributed by atoms with van der Waals surface area (Å²) in [6, 6.07) is 3.67. The van der Waals surface area contributed by atoms with Crippen LogP contribution in [0.2, 0.25) is 0 Å². The van der Waals surface area contributed by atoms with Crippen molar-refractivity contribution in [3.63, 3.8) is 0 Å². The normalized spacial score (nSPS) is 16.4. The van der Waals surface area contributed by atoms with Crippen molar-refractivity contribution < 1.29 is 14.6 Å². The van der Waals surface area contributed by atoms with Gasteiger partial charge in [-0.25, -0.2) is 0 Å². The zero-order valence-corrected chi connectivity index (χ0v) is 11.0. The van der Waals surface area contributed by atoms with Gasteiger partial charge >= 0.3 is 0 Å². The Morgan fingerprint density at radius 2 is 2.26 bits per heavy atom. The second-order valence-electron chi connectivity index (χ2n) is 4.75. The van der Waals surface area contributed by atoms with Gasteiger partial charge in [-0.1, -0.05) is 0 Å². The molecule has 0 aromatic carbocycles. The smallest absolute Gasteiger partial charge is 0.222 e. The number of amides is 1. The van der Waals surface area contributed by atoms with E-state index in [9.17, 15) is 9.90 Å². The van der Waals surface area contributed by atoms with Crippen molar-refractivity contribution in [3.05, 3.63) is 24.5 Å². The predicted octanol–water partition coefficient (Wildman–Crippen LogP) is 1.22. The van der Waals surface area contributed by atoms with E-state index in [-0.39, 0.29) is 12.0 Å². The van der Waals surface area contributed by atoms with Crippen LogP contribution in [0.3, 0.4) is 0 Å². The Morgan fingerprint density at radius 3 is 2.95 bits per heavy atom. The van der Waals surface area contributed by atoms with Crippen molar-refractivity contribution >= 4 is 5.91 Å². The number of piperidine rings is 1. The summed E-state index contributed by atoms with van der Waals surface area (Å²) in [7, 11) is 0. The number of aliphatic hydroxyl groups excluding tert-OH is 1. The first-order valence-electron chi connectivity index (χ1n) is 6.74. The number of carbonyl (C=O) groups excluding carboxylic acids is 1. The van der Waals surface area contributed by atoms with Crippen LogP contribution in [0, 0.1) is 0 Å². The van der Waals surface area contributed by atoms with Gasteiger partial charge in [0.2, 0.25) is 5.91 Å². The Labute approximate surface area is 113 Å². The molecular formula is C14H20N2O3. The van der Waals surface area contributed by atoms with Gasteiger partial charge in [-0.3, -0.25) is 9.78 Å². The van der Waals surface area contributed by atoms with E-state index >= 15 is 0 Å². The molecule has 0 saturated carbocycles. The van der Waals surface area contributed by atoms with Gasteiger partial charge in [-0.05, 0) is 31.4 Å². The van der Waals surface area contributed by atoms with Crippen LogP contribution in [-0.4, -0.2) is 46.7 Å². The van der Waals surface area contributed by atoms with E-state index in [2.05, 4.69) is 4.98 Å². The van der Waals surface area contributed by atoms with Crippen molar-refractivity contribution in [2.45, 2.75) is 31.8 Å². The van der Waals surface area contributed by atoms with E-state index in [1.165, 1.54) is 0 Å². The first kappa shape index (κ1) is 13.8. The predicted molar refractivity (Wildman–Crippen MR) is 70.8 cm³/mol. The molecule has 2 rings (SSSR count). The third kappa shape index (κ3) is 4.52. The summed E-state index contributed by atoms with van der Waals surface area (Å²) < 4.78 is 5.49. The summed E-state index contributed by atoms with van der Waals surface area (Å²) in [5, 5.41) is 9.39. The van der Waals surface area contributed by atoms with Crippen molar-refractivity contribution in [2.75, 3.05) is 19.7 Å². The number of carbonyl (C=O) groups is 1. The fourth-order valence-corrected chi connectivity index (χ4v) is 2.12. The molecule has 5 heteroatoms. The molecule has 104 valence electrons. The minimum absolute atomic E-state index is 0.154. The van der Waals surface area contributed by atoms with E-state index in [1.54, 1.807) is 12.4 Å². The number of likely N-dealkylation sites (tertiary alicyclic amines) is 1. The highest BCUT2D eigenvalue weighted by Crippen LogP contribution is 2.12. The second kappa shape index (κ2) is 7.09. The molecule has 0 radical (unpaired) electrons. The molecule has 0 atom stereocenters. The second-order valence-corrected chi connectivity index (χ2v) is 4.75. The molecule has 5 nitrogen and oxygen atoms in total. The molecule has 0 unspecified atom stereocenters. The van der Waals surface area contributed by atoms with Crippen LogP contribution in [0.15, 0.2) is 24.5 Å². The van der Waals surface area contributed by atoms with Crippen molar-refractivity contribution in [3.8, 4) is 5.75 Å². The maximum absolute atomic E-state index is 11.9. The number of hydrogen-bond donors (Lipinski definition) is 1. The minimum atomic E-state index is -0.238. The van der Waals surface area contributed by atoms with Crippen LogP contribution in [0.5, 0.6) is 5.75 Å². The third-order valence-electron chi connectivity index (χ3n) is 3.26. The fraction of sp³-hybridized carbons (Fsp3) is 0.571. The molecule has 1 fully saturated rings. The maximum Gasteiger partial charge on any atom is 0.222 e. The highest BCUT2D eigenvalue weighted by Gasteiger charge is 2.20. The number of pyridine rings is 1. The first-order chi connectivity index (χ1) is 9.25. The lowest BCUT2D eigenvalue weighted by atomic mass is 10.1. The number of nitrogens with zero attached hydrogens (tertiary/aromatic N) is 2. The van der Waals surface area contributed by atoms with Crippen LogP contribution in [-0.2, 0) is 4.79 Å². The molecular weight excluding hydrogens is 244 g/mol. The van der Waals surface area contributed by atoms with Gasteiger partial charge in [0.15, 0.2) is 0 Å². The molecule has 1 aromatic rings. The third-order valence-corrected chi connectivity index (χ3v) is 3.26. The van der Waals surface area contributed by atoms with Gasteiger partial charge in [0.05, 0.1) is 18.9 Å². The summed E-state index contributed by atoms with van der Waals surface area (Å²) in [6.07, 6.45) is 5.70. The number of rotatable bonds is 5. The lowest BCUT2D eigenvalue weighted by Gasteiger charge is -2.29. The number of ether oxygens (including phenoxy) is 1. The van der Waals surface area contributed by atoms with Gasteiger partial charge in [-0.15, -0.1) is 0 Å². The van der Waals surface area contributed by atoms with Crippen LogP contribution in [0.25, 0.3) is 0 Å². The molecule has 0 aliphatic carbocycles. The zero-order valence-electron chi connectivity index (χ0n) is 11.0. The SMILES string of the molecule is O=C(CCCOc1cccnc1)N1CCC(O)CC1. The Hall–Kier alpha value is -1.62. The molecule has 1 aliphatic rings. The molecule has 1 saturated heterocycles. The Balaban J connectivity index is 1.61. The summed E-state index contributed by atoms with van der Waals surface area (Å²) in [6.45, 7) is 1.86. The molecule has 1 aromatic heterocycles. The molecule has 1 amide bonds. The van der Waals surface area contributed by atoms with Crippen LogP contribution in [0.1, 0.15) is 25.7 Å². The van der Waals surface area contributed by atoms with Crippen molar-refractivity contribution in [1.29, 1.82) is 0 Å². The number of hydrogen-bond acceptors (Lipinski definition) is 4. The molecule has 19 heavy (non-hydrogen) atoms. The minimum Gasteiger partial charge on any atom is -0.492 e. The number of aromatic nitrogens is 1. The monoisotopic (exact) mass is 264 g/mol. The van der Waals surface area contributed by atoms with Crippen LogP contribution in [0.4, 0.5) is 0 Å². The average molecular weight is 264 g/mol. The van der Waals surface area contributed by atoms with Gasteiger partial charge in [0.1, 0.15) is 5.75 Å². The molecule has 0 bridgehead atoms. The Bertz CT molecular complexity index is 389. The van der Waals surface area contributed by atoms with E-state index < -0.39 is 0 Å². The maximum atomic E-state index is 11.9. The Morgan fingerprint density at radius 1 is 1.47 bits per heavy atom. The van der Waals surface area contributed by atoms with Gasteiger partial charge in [0, 0.05) is 25.7 Å². The number of aliphatic hydroxyl groups is 1. The van der Waals surface area contributed by atoms with Gasteiger partial charge < -0.3 is 14.7 Å². The summed E-state index contributed by atoms with van der Waals surface area (Å²) in [5.74, 6) is 0.887. The molecule has 1 aliphatic heterocycles. The quantitative estimate of drug-likeness (QED) is 0.812. The Kier molecular flexibility index (Phi) is 5.15. The zero-order chi connectivity index (χ0) is 13.5. The van der Waals surface area contributed by atoms with E-state index in [0.29, 0.717) is 45.4 Å². The summed E-state index contributed by atoms with van der Waals surface area (Å²) in [4.78, 5) is 17.7. The fourth-order valence-electron chi connectivity index (χ4n) is 2.12. The lowest BCUT2D eigenvalue weighted by molar-refractivity contribution is -0.133. The highest BCUT2D eigenvalue weighted by atomic mass is 16.5. The van der Waals surface area contributed by atoms with Crippen LogP contribution >= 0.6 is 0 Å². The van der Waals surface area contributed by atoms with Gasteiger partial charge in [0.25, 0.3) is 0 Å². The molecule has 1 N–H and O–H groups in total. The lowest BCUT2D eigenvalue weighted by Crippen LogP contribution is -2.40.